The number of anilines is 1. The molecule has 0 fully saturated rings. The third kappa shape index (κ3) is 2.37. The lowest BCUT2D eigenvalue weighted by atomic mass is 10.2. The Hall–Kier alpha value is -2.63. The summed E-state index contributed by atoms with van der Waals surface area (Å²) in [6, 6.07) is 8.36. The molecule has 0 spiro atoms. The molecule has 0 saturated heterocycles. The Morgan fingerprint density at radius 3 is 2.56 bits per heavy atom. The highest BCUT2D eigenvalue weighted by Gasteiger charge is 2.16. The maximum Gasteiger partial charge on any atom is 0.370 e. The van der Waals surface area contributed by atoms with Crippen LogP contribution in [0.3, 0.4) is 0 Å². The molecule has 18 heavy (non-hydrogen) atoms. The normalized spacial score (nSPS) is 10.1. The molecule has 0 atom stereocenters. The molecule has 2 N–H and O–H groups in total. The van der Waals surface area contributed by atoms with Crippen molar-refractivity contribution in [2.75, 3.05) is 5.73 Å². The van der Waals surface area contributed by atoms with Gasteiger partial charge in [-0.05, 0) is 41.1 Å². The van der Waals surface area contributed by atoms with Crippen LogP contribution in [0.25, 0.3) is 0 Å². The number of nitrogens with two attached hydrogens (primary N) is 1. The average molecular weight is 245 g/mol. The summed E-state index contributed by atoms with van der Waals surface area (Å²) in [4.78, 5) is 13.9. The molecule has 1 aromatic heterocycles. The molecule has 1 heterocycles. The molecule has 0 aliphatic heterocycles. The number of hydrogen-bond acceptors (Lipinski definition) is 5. The van der Waals surface area contributed by atoms with Crippen molar-refractivity contribution in [3.05, 3.63) is 52.2 Å². The summed E-state index contributed by atoms with van der Waals surface area (Å²) in [5.74, 6) is 0.761. The van der Waals surface area contributed by atoms with E-state index in [1.165, 1.54) is 6.20 Å². The van der Waals surface area contributed by atoms with Crippen LogP contribution >= 0.6 is 0 Å². The number of hydrogen-bond donors (Lipinski definition) is 1. The zero-order chi connectivity index (χ0) is 13.1. The number of pyridine rings is 1. The molecule has 0 aliphatic rings. The molecule has 0 saturated carbocycles. The van der Waals surface area contributed by atoms with Crippen LogP contribution in [0, 0.1) is 17.0 Å². The summed E-state index contributed by atoms with van der Waals surface area (Å²) in [6.45, 7) is 1.60. The Kier molecular flexibility index (Phi) is 3.09. The smallest absolute Gasteiger partial charge is 0.370 e. The zero-order valence-electron chi connectivity index (χ0n) is 9.66. The minimum absolute atomic E-state index is 0.206. The number of aromatic nitrogens is 1. The van der Waals surface area contributed by atoms with Crippen LogP contribution in [0.1, 0.15) is 5.56 Å². The number of ether oxygens (including phenoxy) is 1. The molecular weight excluding hydrogens is 234 g/mol. The van der Waals surface area contributed by atoms with Gasteiger partial charge in [-0.1, -0.05) is 0 Å². The maximum atomic E-state index is 10.7. The van der Waals surface area contributed by atoms with E-state index >= 15 is 0 Å². The van der Waals surface area contributed by atoms with Gasteiger partial charge in [-0.15, -0.1) is 0 Å². The van der Waals surface area contributed by atoms with E-state index in [1.54, 1.807) is 37.3 Å². The predicted octanol–water partition coefficient (Wildman–Crippen LogP) is 2.67. The van der Waals surface area contributed by atoms with Crippen LogP contribution in [0.15, 0.2) is 36.5 Å². The molecular formula is C12H11N3O3. The third-order valence-corrected chi connectivity index (χ3v) is 2.41. The first-order valence-corrected chi connectivity index (χ1v) is 5.21. The second-order valence-electron chi connectivity index (χ2n) is 3.69. The van der Waals surface area contributed by atoms with Crippen LogP contribution in [-0.2, 0) is 0 Å². The van der Waals surface area contributed by atoms with Crippen LogP contribution in [0.5, 0.6) is 11.5 Å². The molecule has 2 aromatic rings. The quantitative estimate of drug-likeness (QED) is 0.510. The summed E-state index contributed by atoms with van der Waals surface area (Å²) < 4.78 is 5.55. The van der Waals surface area contributed by atoms with Crippen molar-refractivity contribution < 1.29 is 9.66 Å². The van der Waals surface area contributed by atoms with Gasteiger partial charge in [-0.2, -0.15) is 0 Å². The van der Waals surface area contributed by atoms with Crippen LogP contribution in [0.2, 0.25) is 0 Å². The fraction of sp³-hybridized carbons (Fsp3) is 0.0833. The van der Waals surface area contributed by atoms with Gasteiger partial charge < -0.3 is 20.6 Å². The van der Waals surface area contributed by atoms with Crippen molar-refractivity contribution in [1.29, 1.82) is 0 Å². The predicted molar refractivity (Wildman–Crippen MR) is 66.6 cm³/mol. The summed E-state index contributed by atoms with van der Waals surface area (Å²) in [5, 5.41) is 10.7. The molecule has 0 amide bonds. The Morgan fingerprint density at radius 2 is 1.94 bits per heavy atom. The standard InChI is InChI=1S/C12H11N3O3/c1-8-11(6-7-14-12(8)15(16)17)18-10-4-2-9(13)3-5-10/h2-7H,13H2,1H3. The van der Waals surface area contributed by atoms with Gasteiger partial charge in [0, 0.05) is 11.8 Å². The molecule has 2 rings (SSSR count). The molecule has 0 aliphatic carbocycles. The third-order valence-electron chi connectivity index (χ3n) is 2.41. The molecule has 0 radical (unpaired) electrons. The van der Waals surface area contributed by atoms with E-state index in [9.17, 15) is 10.1 Å². The highest BCUT2D eigenvalue weighted by molar-refractivity contribution is 5.47. The van der Waals surface area contributed by atoms with Crippen molar-refractivity contribution in [3.63, 3.8) is 0 Å². The van der Waals surface area contributed by atoms with Crippen molar-refractivity contribution >= 4 is 11.5 Å². The topological polar surface area (TPSA) is 91.3 Å². The Morgan fingerprint density at radius 1 is 1.28 bits per heavy atom. The first kappa shape index (κ1) is 11.8. The lowest BCUT2D eigenvalue weighted by Crippen LogP contribution is -1.97. The largest absolute Gasteiger partial charge is 0.457 e. The summed E-state index contributed by atoms with van der Waals surface area (Å²) in [6.07, 6.45) is 1.35. The van der Waals surface area contributed by atoms with Gasteiger partial charge in [0.25, 0.3) is 0 Å². The maximum absolute atomic E-state index is 10.7. The SMILES string of the molecule is Cc1c(Oc2ccc(N)cc2)ccnc1[N+](=O)[O-]. The molecule has 0 unspecified atom stereocenters. The van der Waals surface area contributed by atoms with Crippen LogP contribution < -0.4 is 10.5 Å². The molecule has 1 aromatic carbocycles. The number of nitrogen functional groups attached to an aromatic ring is 1. The van der Waals surface area contributed by atoms with E-state index < -0.39 is 4.92 Å². The van der Waals surface area contributed by atoms with Crippen molar-refractivity contribution in [3.8, 4) is 11.5 Å². The fourth-order valence-corrected chi connectivity index (χ4v) is 1.47. The Balaban J connectivity index is 2.32. The van der Waals surface area contributed by atoms with Gasteiger partial charge in [-0.3, -0.25) is 0 Å². The Bertz CT molecular complexity index is 582. The number of benzene rings is 1. The highest BCUT2D eigenvalue weighted by Crippen LogP contribution is 2.29. The fourth-order valence-electron chi connectivity index (χ4n) is 1.47. The average Bonchev–Trinajstić information content (AvgIpc) is 2.34. The van der Waals surface area contributed by atoms with Gasteiger partial charge in [0.15, 0.2) is 0 Å². The molecule has 6 heteroatoms. The van der Waals surface area contributed by atoms with E-state index in [2.05, 4.69) is 4.98 Å². The lowest BCUT2D eigenvalue weighted by Gasteiger charge is -2.07. The minimum Gasteiger partial charge on any atom is -0.457 e. The number of nitro groups is 1. The summed E-state index contributed by atoms with van der Waals surface area (Å²) in [7, 11) is 0. The monoisotopic (exact) mass is 245 g/mol. The summed E-state index contributed by atoms with van der Waals surface area (Å²) >= 11 is 0. The lowest BCUT2D eigenvalue weighted by molar-refractivity contribution is -0.390. The number of rotatable bonds is 3. The first-order valence-electron chi connectivity index (χ1n) is 5.21. The summed E-state index contributed by atoms with van der Waals surface area (Å²) in [5.41, 5.74) is 6.57. The molecule has 6 nitrogen and oxygen atoms in total. The van der Waals surface area contributed by atoms with Gasteiger partial charge in [0.1, 0.15) is 17.7 Å². The highest BCUT2D eigenvalue weighted by atomic mass is 16.6. The van der Waals surface area contributed by atoms with Crippen molar-refractivity contribution in [2.45, 2.75) is 6.92 Å². The number of nitrogens with zero attached hydrogens (tertiary/aromatic N) is 2. The molecule has 92 valence electrons. The van der Waals surface area contributed by atoms with E-state index in [-0.39, 0.29) is 5.82 Å². The zero-order valence-corrected chi connectivity index (χ0v) is 9.66. The van der Waals surface area contributed by atoms with Crippen molar-refractivity contribution in [2.24, 2.45) is 0 Å². The van der Waals surface area contributed by atoms with Gasteiger partial charge in [0.2, 0.25) is 0 Å². The van der Waals surface area contributed by atoms with Crippen molar-refractivity contribution in [1.82, 2.24) is 4.98 Å². The minimum atomic E-state index is -0.537. The van der Waals surface area contributed by atoms with E-state index in [0.717, 1.165) is 0 Å². The van der Waals surface area contributed by atoms with E-state index in [1.807, 2.05) is 0 Å². The van der Waals surface area contributed by atoms with Gasteiger partial charge >= 0.3 is 5.82 Å². The first-order chi connectivity index (χ1) is 8.58. The van der Waals surface area contributed by atoms with Crippen LogP contribution in [0.4, 0.5) is 11.5 Å². The second-order valence-corrected chi connectivity index (χ2v) is 3.69. The molecule has 0 bridgehead atoms. The van der Waals surface area contributed by atoms with Crippen LogP contribution in [-0.4, -0.2) is 9.91 Å². The Labute approximate surface area is 103 Å². The van der Waals surface area contributed by atoms with E-state index in [4.69, 9.17) is 10.5 Å². The van der Waals surface area contributed by atoms with E-state index in [0.29, 0.717) is 22.7 Å². The van der Waals surface area contributed by atoms with Gasteiger partial charge in [0.05, 0.1) is 5.56 Å². The second kappa shape index (κ2) is 4.70. The van der Waals surface area contributed by atoms with Gasteiger partial charge in [-0.25, -0.2) is 0 Å².